The lowest BCUT2D eigenvalue weighted by Gasteiger charge is -2.20. The van der Waals surface area contributed by atoms with Gasteiger partial charge in [0.15, 0.2) is 7.14 Å². The molecule has 4 heteroatoms. The molecule has 0 saturated carbocycles. The minimum Gasteiger partial charge on any atom is -0.307 e. The van der Waals surface area contributed by atoms with E-state index in [2.05, 4.69) is 11.1 Å². The Kier molecular flexibility index (Phi) is 4.13. The summed E-state index contributed by atoms with van der Waals surface area (Å²) in [6.07, 6.45) is 1.52. The van der Waals surface area contributed by atoms with Gasteiger partial charge in [-0.3, -0.25) is 4.98 Å². The first-order valence-electron chi connectivity index (χ1n) is 8.25. The van der Waals surface area contributed by atoms with E-state index >= 15 is 0 Å². The van der Waals surface area contributed by atoms with Crippen LogP contribution >= 0.6 is 7.14 Å². The van der Waals surface area contributed by atoms with Gasteiger partial charge < -0.3 is 4.57 Å². The van der Waals surface area contributed by atoms with Crippen LogP contribution in [-0.2, 0) is 4.57 Å². The van der Waals surface area contributed by atoms with Crippen LogP contribution in [0.25, 0.3) is 10.8 Å². The number of hydrogen-bond acceptors (Lipinski definition) is 3. The lowest BCUT2D eigenvalue weighted by molar-refractivity contribution is 0.592. The first kappa shape index (κ1) is 16.3. The van der Waals surface area contributed by atoms with Crippen LogP contribution in [-0.4, -0.2) is 4.98 Å². The first-order valence-corrected chi connectivity index (χ1v) is 9.95. The fraction of sp³-hybridized carbons (Fsp3) is 0. The Bertz CT molecular complexity index is 1120. The van der Waals surface area contributed by atoms with E-state index in [1.807, 2.05) is 84.9 Å². The predicted molar refractivity (Wildman–Crippen MR) is 106 cm³/mol. The highest BCUT2D eigenvalue weighted by Gasteiger charge is 2.33. The molecule has 1 heterocycles. The monoisotopic (exact) mass is 354 g/mol. The van der Waals surface area contributed by atoms with Crippen LogP contribution in [0.2, 0.25) is 0 Å². The van der Waals surface area contributed by atoms with E-state index in [0.717, 1.165) is 21.4 Å². The van der Waals surface area contributed by atoms with E-state index in [4.69, 9.17) is 0 Å². The van der Waals surface area contributed by atoms with Gasteiger partial charge in [0.1, 0.15) is 11.5 Å². The summed E-state index contributed by atoms with van der Waals surface area (Å²) in [6, 6.07) is 28.6. The molecule has 0 unspecified atom stereocenters. The molecule has 0 N–H and O–H groups in total. The number of aromatic nitrogens is 1. The molecule has 0 aliphatic heterocycles. The van der Waals surface area contributed by atoms with E-state index in [1.54, 1.807) is 0 Å². The summed E-state index contributed by atoms with van der Waals surface area (Å²) in [5.41, 5.74) is 1.00. The first-order chi connectivity index (χ1) is 12.7. The molecule has 124 valence electrons. The van der Waals surface area contributed by atoms with Crippen molar-refractivity contribution in [3.63, 3.8) is 0 Å². The Morgan fingerprint density at radius 2 is 1.23 bits per heavy atom. The standard InChI is InChI=1S/C22H15N2OP/c23-15-17-16-24-22(21-14-8-7-13-20(17)21)26(25,18-9-3-1-4-10-18)19-11-5-2-6-12-19/h1-14,16H. The SMILES string of the molecule is N#Cc1cnc(P(=O)(c2ccccc2)c2ccccc2)c2ccccc12. The van der Waals surface area contributed by atoms with Gasteiger partial charge in [-0.15, -0.1) is 0 Å². The van der Waals surface area contributed by atoms with E-state index in [9.17, 15) is 9.83 Å². The maximum absolute atomic E-state index is 14.5. The zero-order valence-corrected chi connectivity index (χ0v) is 14.8. The molecule has 3 aromatic carbocycles. The molecule has 0 bridgehead atoms. The molecule has 0 saturated heterocycles. The van der Waals surface area contributed by atoms with Crippen molar-refractivity contribution in [2.24, 2.45) is 0 Å². The van der Waals surface area contributed by atoms with E-state index in [-0.39, 0.29) is 0 Å². The highest BCUT2D eigenvalue weighted by atomic mass is 31.2. The smallest absolute Gasteiger partial charge is 0.189 e. The summed E-state index contributed by atoms with van der Waals surface area (Å²) >= 11 is 0. The third-order valence-electron chi connectivity index (χ3n) is 4.43. The molecule has 0 atom stereocenters. The Labute approximate surface area is 151 Å². The van der Waals surface area contributed by atoms with E-state index in [0.29, 0.717) is 11.0 Å². The van der Waals surface area contributed by atoms with Crippen LogP contribution in [0.1, 0.15) is 5.56 Å². The third kappa shape index (κ3) is 2.52. The van der Waals surface area contributed by atoms with E-state index < -0.39 is 7.14 Å². The van der Waals surface area contributed by atoms with Gasteiger partial charge in [0, 0.05) is 27.6 Å². The normalized spacial score (nSPS) is 11.2. The second kappa shape index (κ2) is 6.59. The molecule has 4 aromatic rings. The van der Waals surface area contributed by atoms with Crippen molar-refractivity contribution in [3.05, 3.63) is 96.7 Å². The average Bonchev–Trinajstić information content (AvgIpc) is 2.73. The van der Waals surface area contributed by atoms with Crippen molar-refractivity contribution < 1.29 is 4.57 Å². The van der Waals surface area contributed by atoms with Gasteiger partial charge in [-0.05, 0) is 0 Å². The van der Waals surface area contributed by atoms with Crippen molar-refractivity contribution in [2.45, 2.75) is 0 Å². The molecule has 0 amide bonds. The van der Waals surface area contributed by atoms with Crippen molar-refractivity contribution in [1.29, 1.82) is 5.26 Å². The van der Waals surface area contributed by atoms with Gasteiger partial charge in [0.2, 0.25) is 0 Å². The lowest BCUT2D eigenvalue weighted by atomic mass is 10.1. The number of benzene rings is 3. The summed E-state index contributed by atoms with van der Waals surface area (Å²) in [5, 5.41) is 12.4. The summed E-state index contributed by atoms with van der Waals surface area (Å²) in [5.74, 6) is 0. The number of nitriles is 1. The molecule has 4 rings (SSSR count). The van der Waals surface area contributed by atoms with Gasteiger partial charge in [-0.1, -0.05) is 84.9 Å². The summed E-state index contributed by atoms with van der Waals surface area (Å²) < 4.78 is 14.5. The Morgan fingerprint density at radius 1 is 0.731 bits per heavy atom. The van der Waals surface area contributed by atoms with Gasteiger partial charge in [0.25, 0.3) is 0 Å². The molecule has 1 aromatic heterocycles. The molecule has 0 fully saturated rings. The van der Waals surface area contributed by atoms with E-state index in [1.165, 1.54) is 6.20 Å². The zero-order valence-electron chi connectivity index (χ0n) is 13.9. The molecular formula is C22H15N2OP. The van der Waals surface area contributed by atoms with Crippen LogP contribution in [0.4, 0.5) is 0 Å². The van der Waals surface area contributed by atoms with Gasteiger partial charge in [-0.25, -0.2) is 0 Å². The molecule has 0 radical (unpaired) electrons. The molecule has 26 heavy (non-hydrogen) atoms. The highest BCUT2D eigenvalue weighted by Crippen LogP contribution is 2.43. The zero-order chi connectivity index (χ0) is 18.0. The Hall–Kier alpha value is -3.21. The van der Waals surface area contributed by atoms with Crippen molar-refractivity contribution in [1.82, 2.24) is 4.98 Å². The Balaban J connectivity index is 2.12. The number of pyridine rings is 1. The maximum atomic E-state index is 14.5. The fourth-order valence-corrected chi connectivity index (χ4v) is 5.91. The molecule has 0 aliphatic rings. The second-order valence-corrected chi connectivity index (χ2v) is 8.61. The third-order valence-corrected chi connectivity index (χ3v) is 7.44. The van der Waals surface area contributed by atoms with Crippen molar-refractivity contribution in [2.75, 3.05) is 0 Å². The number of fused-ring (bicyclic) bond motifs is 1. The van der Waals surface area contributed by atoms with Crippen LogP contribution in [0.3, 0.4) is 0 Å². The van der Waals surface area contributed by atoms with Crippen LogP contribution in [0.5, 0.6) is 0 Å². The largest absolute Gasteiger partial charge is 0.307 e. The van der Waals surface area contributed by atoms with Crippen LogP contribution < -0.4 is 16.0 Å². The van der Waals surface area contributed by atoms with Gasteiger partial charge in [-0.2, -0.15) is 5.26 Å². The topological polar surface area (TPSA) is 53.8 Å². The Morgan fingerprint density at radius 3 is 1.77 bits per heavy atom. The van der Waals surface area contributed by atoms with Gasteiger partial charge >= 0.3 is 0 Å². The number of rotatable bonds is 3. The van der Waals surface area contributed by atoms with Crippen molar-refractivity contribution in [3.8, 4) is 6.07 Å². The molecule has 0 spiro atoms. The minimum absolute atomic E-state index is 0.483. The van der Waals surface area contributed by atoms with Crippen LogP contribution in [0, 0.1) is 11.3 Å². The van der Waals surface area contributed by atoms with Gasteiger partial charge in [0.05, 0.1) is 5.56 Å². The molecular weight excluding hydrogens is 339 g/mol. The summed E-state index contributed by atoms with van der Waals surface area (Å²) in [6.45, 7) is 0. The average molecular weight is 354 g/mol. The molecule has 0 aliphatic carbocycles. The lowest BCUT2D eigenvalue weighted by Crippen LogP contribution is -2.27. The minimum atomic E-state index is -3.17. The molecule has 3 nitrogen and oxygen atoms in total. The maximum Gasteiger partial charge on any atom is 0.189 e. The second-order valence-electron chi connectivity index (χ2n) is 5.93. The summed E-state index contributed by atoms with van der Waals surface area (Å²) in [4.78, 5) is 4.52. The highest BCUT2D eigenvalue weighted by molar-refractivity contribution is 7.85. The van der Waals surface area contributed by atoms with Crippen molar-refractivity contribution >= 4 is 34.0 Å². The summed E-state index contributed by atoms with van der Waals surface area (Å²) in [7, 11) is -3.17. The van der Waals surface area contributed by atoms with Crippen LogP contribution in [0.15, 0.2) is 91.1 Å². The number of nitrogens with zero attached hydrogens (tertiary/aromatic N) is 2. The quantitative estimate of drug-likeness (QED) is 0.527. The predicted octanol–water partition coefficient (Wildman–Crippen LogP) is 3.75. The number of hydrogen-bond donors (Lipinski definition) is 0. The fourth-order valence-electron chi connectivity index (χ4n) is 3.19.